The molecule has 1 aliphatic rings. The molecule has 0 radical (unpaired) electrons. The number of halogens is 1. The lowest BCUT2D eigenvalue weighted by Gasteiger charge is -2.54. The van der Waals surface area contributed by atoms with Crippen LogP contribution in [0.1, 0.15) is 20.3 Å². The summed E-state index contributed by atoms with van der Waals surface area (Å²) in [6.07, 6.45) is 1.40. The van der Waals surface area contributed by atoms with E-state index in [1.807, 2.05) is 0 Å². The molecule has 0 aromatic carbocycles. The predicted octanol–water partition coefficient (Wildman–Crippen LogP) is 2.40. The standard InChI is InChI=1S/C9H18IN/c1-9(2)5-7(6-10)8(9)11(3)4/h7-8H,5-6H2,1-4H3. The molecule has 2 heteroatoms. The normalized spacial score (nSPS) is 35.5. The van der Waals surface area contributed by atoms with E-state index in [0.29, 0.717) is 5.41 Å². The lowest BCUT2D eigenvalue weighted by molar-refractivity contribution is -0.0234. The van der Waals surface area contributed by atoms with Gasteiger partial charge in [-0.2, -0.15) is 0 Å². The molecule has 2 atom stereocenters. The summed E-state index contributed by atoms with van der Waals surface area (Å²) in [5.41, 5.74) is 0.555. The van der Waals surface area contributed by atoms with Crippen molar-refractivity contribution in [1.29, 1.82) is 0 Å². The second-order valence-electron chi connectivity index (χ2n) is 4.52. The van der Waals surface area contributed by atoms with Gasteiger partial charge in [-0.05, 0) is 31.8 Å². The van der Waals surface area contributed by atoms with Crippen LogP contribution in [0.15, 0.2) is 0 Å². The highest BCUT2D eigenvalue weighted by Gasteiger charge is 2.47. The van der Waals surface area contributed by atoms with Gasteiger partial charge in [0.05, 0.1) is 0 Å². The van der Waals surface area contributed by atoms with Gasteiger partial charge in [-0.1, -0.05) is 36.4 Å². The van der Waals surface area contributed by atoms with Crippen LogP contribution in [0, 0.1) is 11.3 Å². The summed E-state index contributed by atoms with van der Waals surface area (Å²) < 4.78 is 1.31. The topological polar surface area (TPSA) is 3.24 Å². The van der Waals surface area contributed by atoms with E-state index in [9.17, 15) is 0 Å². The lowest BCUT2D eigenvalue weighted by Crippen LogP contribution is -2.57. The minimum atomic E-state index is 0.555. The van der Waals surface area contributed by atoms with Gasteiger partial charge in [0.25, 0.3) is 0 Å². The van der Waals surface area contributed by atoms with Crippen molar-refractivity contribution in [2.45, 2.75) is 26.3 Å². The second kappa shape index (κ2) is 3.21. The van der Waals surface area contributed by atoms with Crippen LogP contribution in [0.5, 0.6) is 0 Å². The molecule has 0 saturated heterocycles. The van der Waals surface area contributed by atoms with E-state index in [4.69, 9.17) is 0 Å². The van der Waals surface area contributed by atoms with E-state index in [1.165, 1.54) is 10.8 Å². The first-order valence-electron chi connectivity index (χ1n) is 4.21. The molecule has 0 aromatic rings. The maximum Gasteiger partial charge on any atom is 0.0176 e. The first-order valence-corrected chi connectivity index (χ1v) is 5.74. The molecule has 1 fully saturated rings. The molecule has 0 spiro atoms. The Balaban J connectivity index is 2.57. The van der Waals surface area contributed by atoms with Crippen molar-refractivity contribution < 1.29 is 0 Å². The van der Waals surface area contributed by atoms with E-state index in [-0.39, 0.29) is 0 Å². The van der Waals surface area contributed by atoms with E-state index in [1.54, 1.807) is 0 Å². The zero-order valence-corrected chi connectivity index (χ0v) is 10.1. The number of alkyl halides is 1. The number of rotatable bonds is 2. The fourth-order valence-corrected chi connectivity index (χ4v) is 3.44. The fraction of sp³-hybridized carbons (Fsp3) is 1.00. The maximum absolute atomic E-state index is 2.50. The van der Waals surface area contributed by atoms with E-state index in [0.717, 1.165) is 12.0 Å². The van der Waals surface area contributed by atoms with Crippen LogP contribution in [0.3, 0.4) is 0 Å². The molecule has 0 amide bonds. The molecule has 0 bridgehead atoms. The molecule has 1 nitrogen and oxygen atoms in total. The predicted molar refractivity (Wildman–Crippen MR) is 58.3 cm³/mol. The Morgan fingerprint density at radius 2 is 2.00 bits per heavy atom. The van der Waals surface area contributed by atoms with Crippen molar-refractivity contribution >= 4 is 22.6 Å². The lowest BCUT2D eigenvalue weighted by atomic mass is 9.60. The van der Waals surface area contributed by atoms with E-state index >= 15 is 0 Å². The van der Waals surface area contributed by atoms with Gasteiger partial charge in [0.2, 0.25) is 0 Å². The molecule has 0 N–H and O–H groups in total. The van der Waals surface area contributed by atoms with Crippen molar-refractivity contribution in [3.8, 4) is 0 Å². The minimum Gasteiger partial charge on any atom is -0.306 e. The fourth-order valence-electron chi connectivity index (χ4n) is 2.65. The molecule has 2 unspecified atom stereocenters. The summed E-state index contributed by atoms with van der Waals surface area (Å²) in [7, 11) is 4.40. The Labute approximate surface area is 83.7 Å². The van der Waals surface area contributed by atoms with Gasteiger partial charge in [-0.3, -0.25) is 0 Å². The van der Waals surface area contributed by atoms with Gasteiger partial charge in [-0.25, -0.2) is 0 Å². The van der Waals surface area contributed by atoms with Crippen molar-refractivity contribution in [3.05, 3.63) is 0 Å². The zero-order valence-electron chi connectivity index (χ0n) is 7.89. The quantitative estimate of drug-likeness (QED) is 0.548. The average Bonchev–Trinajstić information content (AvgIpc) is 1.81. The smallest absolute Gasteiger partial charge is 0.0176 e. The summed E-state index contributed by atoms with van der Waals surface area (Å²) in [6, 6.07) is 0.805. The van der Waals surface area contributed by atoms with Crippen LogP contribution in [-0.4, -0.2) is 29.5 Å². The van der Waals surface area contributed by atoms with Gasteiger partial charge in [-0.15, -0.1) is 0 Å². The molecule has 11 heavy (non-hydrogen) atoms. The molecular weight excluding hydrogens is 249 g/mol. The van der Waals surface area contributed by atoms with Crippen LogP contribution in [0.25, 0.3) is 0 Å². The third kappa shape index (κ3) is 1.72. The Morgan fingerprint density at radius 1 is 1.45 bits per heavy atom. The SMILES string of the molecule is CN(C)C1C(CI)CC1(C)C. The van der Waals surface area contributed by atoms with Gasteiger partial charge in [0.1, 0.15) is 0 Å². The Kier molecular flexibility index (Phi) is 2.85. The largest absolute Gasteiger partial charge is 0.306 e. The highest BCUT2D eigenvalue weighted by atomic mass is 127. The van der Waals surface area contributed by atoms with Gasteiger partial charge in [0, 0.05) is 10.5 Å². The average molecular weight is 267 g/mol. The molecule has 1 aliphatic carbocycles. The van der Waals surface area contributed by atoms with Crippen LogP contribution < -0.4 is 0 Å². The summed E-state index contributed by atoms with van der Waals surface area (Å²) in [4.78, 5) is 2.38. The highest BCUT2D eigenvalue weighted by Crippen LogP contribution is 2.47. The monoisotopic (exact) mass is 267 g/mol. The summed E-state index contributed by atoms with van der Waals surface area (Å²) >= 11 is 2.50. The summed E-state index contributed by atoms with van der Waals surface area (Å²) in [6.45, 7) is 4.75. The summed E-state index contributed by atoms with van der Waals surface area (Å²) in [5, 5.41) is 0. The van der Waals surface area contributed by atoms with E-state index in [2.05, 4.69) is 55.4 Å². The molecule has 0 aromatic heterocycles. The van der Waals surface area contributed by atoms with Crippen LogP contribution in [0.4, 0.5) is 0 Å². The molecule has 0 aliphatic heterocycles. The number of nitrogens with zero attached hydrogens (tertiary/aromatic N) is 1. The van der Waals surface area contributed by atoms with Gasteiger partial charge in [0.15, 0.2) is 0 Å². The van der Waals surface area contributed by atoms with Crippen LogP contribution in [-0.2, 0) is 0 Å². The molecule has 0 heterocycles. The van der Waals surface area contributed by atoms with Crippen molar-refractivity contribution in [3.63, 3.8) is 0 Å². The molecule has 1 rings (SSSR count). The van der Waals surface area contributed by atoms with E-state index < -0.39 is 0 Å². The van der Waals surface area contributed by atoms with Crippen LogP contribution >= 0.6 is 22.6 Å². The maximum atomic E-state index is 2.50. The first kappa shape index (κ1) is 9.78. The van der Waals surface area contributed by atoms with Gasteiger partial charge >= 0.3 is 0 Å². The van der Waals surface area contributed by atoms with Crippen molar-refractivity contribution in [2.75, 3.05) is 18.5 Å². The van der Waals surface area contributed by atoms with Crippen LogP contribution in [0.2, 0.25) is 0 Å². The van der Waals surface area contributed by atoms with Crippen molar-refractivity contribution in [2.24, 2.45) is 11.3 Å². The molecule has 66 valence electrons. The Bertz CT molecular complexity index is 142. The van der Waals surface area contributed by atoms with Gasteiger partial charge < -0.3 is 4.90 Å². The van der Waals surface area contributed by atoms with Crippen molar-refractivity contribution in [1.82, 2.24) is 4.90 Å². The third-order valence-corrected chi connectivity index (χ3v) is 3.92. The highest BCUT2D eigenvalue weighted by molar-refractivity contribution is 14.1. The first-order chi connectivity index (χ1) is 4.99. The zero-order chi connectivity index (χ0) is 8.65. The summed E-state index contributed by atoms with van der Waals surface area (Å²) in [5.74, 6) is 0.931. The minimum absolute atomic E-state index is 0.555. The third-order valence-electron chi connectivity index (χ3n) is 2.79. The number of hydrogen-bond acceptors (Lipinski definition) is 1. The molecular formula is C9H18IN. The number of hydrogen-bond donors (Lipinski definition) is 0. The molecule has 1 saturated carbocycles. The Morgan fingerprint density at radius 3 is 2.18 bits per heavy atom. The Hall–Kier alpha value is 0.690. The second-order valence-corrected chi connectivity index (χ2v) is 5.40.